The van der Waals surface area contributed by atoms with Crippen LogP contribution in [0.2, 0.25) is 0 Å². The summed E-state index contributed by atoms with van der Waals surface area (Å²) in [6.07, 6.45) is 1.45. The SMILES string of the molecule is CN1CCN(C(=O)CNC(=O)c2ccc(N3CCCC3=O)cc2)CC1. The normalized spacial score (nSPS) is 18.5. The van der Waals surface area contributed by atoms with Gasteiger partial charge >= 0.3 is 0 Å². The van der Waals surface area contributed by atoms with E-state index in [1.165, 1.54) is 0 Å². The smallest absolute Gasteiger partial charge is 0.251 e. The van der Waals surface area contributed by atoms with Crippen molar-refractivity contribution in [3.05, 3.63) is 29.8 Å². The fraction of sp³-hybridized carbons (Fsp3) is 0.500. The molecule has 2 aliphatic heterocycles. The molecule has 2 saturated heterocycles. The third kappa shape index (κ3) is 4.17. The molecule has 3 rings (SSSR count). The quantitative estimate of drug-likeness (QED) is 0.854. The number of nitrogens with one attached hydrogen (secondary N) is 1. The molecule has 134 valence electrons. The second-order valence-electron chi connectivity index (χ2n) is 6.56. The van der Waals surface area contributed by atoms with Gasteiger partial charge in [-0.2, -0.15) is 0 Å². The van der Waals surface area contributed by atoms with Crippen LogP contribution in [0.5, 0.6) is 0 Å². The number of hydrogen-bond acceptors (Lipinski definition) is 4. The molecule has 7 nitrogen and oxygen atoms in total. The molecule has 2 heterocycles. The summed E-state index contributed by atoms with van der Waals surface area (Å²) in [5, 5.41) is 2.68. The second-order valence-corrected chi connectivity index (χ2v) is 6.56. The molecule has 2 fully saturated rings. The molecule has 0 radical (unpaired) electrons. The minimum Gasteiger partial charge on any atom is -0.343 e. The van der Waals surface area contributed by atoms with Gasteiger partial charge in [0.2, 0.25) is 11.8 Å². The first-order chi connectivity index (χ1) is 12.0. The first-order valence-corrected chi connectivity index (χ1v) is 8.69. The highest BCUT2D eigenvalue weighted by molar-refractivity contribution is 5.98. The van der Waals surface area contributed by atoms with Crippen LogP contribution in [0.15, 0.2) is 24.3 Å². The van der Waals surface area contributed by atoms with Crippen molar-refractivity contribution >= 4 is 23.4 Å². The predicted molar refractivity (Wildman–Crippen MR) is 94.4 cm³/mol. The zero-order chi connectivity index (χ0) is 17.8. The maximum atomic E-state index is 12.2. The van der Waals surface area contributed by atoms with Gasteiger partial charge in [-0.1, -0.05) is 0 Å². The number of carbonyl (C=O) groups is 3. The third-order valence-corrected chi connectivity index (χ3v) is 4.77. The van der Waals surface area contributed by atoms with E-state index >= 15 is 0 Å². The summed E-state index contributed by atoms with van der Waals surface area (Å²) < 4.78 is 0. The van der Waals surface area contributed by atoms with Crippen molar-refractivity contribution in [1.82, 2.24) is 15.1 Å². The summed E-state index contributed by atoms with van der Waals surface area (Å²) in [6, 6.07) is 6.94. The maximum Gasteiger partial charge on any atom is 0.251 e. The lowest BCUT2D eigenvalue weighted by molar-refractivity contribution is -0.131. The van der Waals surface area contributed by atoms with Crippen LogP contribution in [0.25, 0.3) is 0 Å². The van der Waals surface area contributed by atoms with E-state index in [9.17, 15) is 14.4 Å². The standard InChI is InChI=1S/C18H24N4O3/c1-20-9-11-21(12-10-20)17(24)13-19-18(25)14-4-6-15(7-5-14)22-8-2-3-16(22)23/h4-7H,2-3,8-13H2,1H3,(H,19,25). The van der Waals surface area contributed by atoms with Crippen LogP contribution < -0.4 is 10.2 Å². The van der Waals surface area contributed by atoms with E-state index < -0.39 is 0 Å². The molecule has 1 aromatic rings. The van der Waals surface area contributed by atoms with E-state index in [2.05, 4.69) is 10.2 Å². The van der Waals surface area contributed by atoms with Gasteiger partial charge in [-0.25, -0.2) is 0 Å². The van der Waals surface area contributed by atoms with Crippen molar-refractivity contribution < 1.29 is 14.4 Å². The Bertz CT molecular complexity index is 651. The highest BCUT2D eigenvalue weighted by Gasteiger charge is 2.22. The van der Waals surface area contributed by atoms with Gasteiger partial charge in [-0.3, -0.25) is 14.4 Å². The zero-order valence-electron chi connectivity index (χ0n) is 14.5. The highest BCUT2D eigenvalue weighted by atomic mass is 16.2. The van der Waals surface area contributed by atoms with Crippen molar-refractivity contribution in [2.75, 3.05) is 51.2 Å². The molecule has 1 aromatic carbocycles. The van der Waals surface area contributed by atoms with Crippen molar-refractivity contribution in [2.24, 2.45) is 0 Å². The number of nitrogens with zero attached hydrogens (tertiary/aromatic N) is 3. The Balaban J connectivity index is 1.51. The van der Waals surface area contributed by atoms with Gasteiger partial charge in [0.1, 0.15) is 0 Å². The Labute approximate surface area is 147 Å². The lowest BCUT2D eigenvalue weighted by Crippen LogP contribution is -2.50. The molecule has 0 atom stereocenters. The van der Waals surface area contributed by atoms with Gasteiger partial charge < -0.3 is 20.0 Å². The number of piperazine rings is 1. The monoisotopic (exact) mass is 344 g/mol. The molecule has 0 aliphatic carbocycles. The van der Waals surface area contributed by atoms with Gasteiger partial charge in [-0.05, 0) is 37.7 Å². The zero-order valence-corrected chi connectivity index (χ0v) is 14.5. The van der Waals surface area contributed by atoms with E-state index in [0.717, 1.165) is 31.7 Å². The molecule has 2 aliphatic rings. The van der Waals surface area contributed by atoms with E-state index in [4.69, 9.17) is 0 Å². The predicted octanol–water partition coefficient (Wildman–Crippen LogP) is 0.317. The van der Waals surface area contributed by atoms with Crippen LogP contribution in [0.4, 0.5) is 5.69 Å². The molecular weight excluding hydrogens is 320 g/mol. The number of carbonyl (C=O) groups excluding carboxylic acids is 3. The minimum atomic E-state index is -0.276. The number of anilines is 1. The summed E-state index contributed by atoms with van der Waals surface area (Å²) in [4.78, 5) is 41.8. The largest absolute Gasteiger partial charge is 0.343 e. The fourth-order valence-corrected chi connectivity index (χ4v) is 3.14. The highest BCUT2D eigenvalue weighted by Crippen LogP contribution is 2.21. The first-order valence-electron chi connectivity index (χ1n) is 8.69. The van der Waals surface area contributed by atoms with Crippen LogP contribution in [-0.4, -0.2) is 73.8 Å². The Morgan fingerprint density at radius 2 is 1.72 bits per heavy atom. The molecule has 0 spiro atoms. The molecule has 1 N–H and O–H groups in total. The van der Waals surface area contributed by atoms with E-state index in [1.807, 2.05) is 7.05 Å². The molecule has 3 amide bonds. The van der Waals surface area contributed by atoms with Crippen molar-refractivity contribution in [3.8, 4) is 0 Å². The lowest BCUT2D eigenvalue weighted by Gasteiger charge is -2.32. The average molecular weight is 344 g/mol. The Kier molecular flexibility index (Phi) is 5.33. The molecule has 0 aromatic heterocycles. The van der Waals surface area contributed by atoms with Crippen LogP contribution in [0.1, 0.15) is 23.2 Å². The van der Waals surface area contributed by atoms with Gasteiger partial charge in [0.25, 0.3) is 5.91 Å². The van der Waals surface area contributed by atoms with E-state index in [1.54, 1.807) is 34.1 Å². The third-order valence-electron chi connectivity index (χ3n) is 4.77. The lowest BCUT2D eigenvalue weighted by atomic mass is 10.2. The van der Waals surface area contributed by atoms with Gasteiger partial charge in [0.15, 0.2) is 0 Å². The summed E-state index contributed by atoms with van der Waals surface area (Å²) in [6.45, 7) is 3.85. The van der Waals surface area contributed by atoms with Crippen molar-refractivity contribution in [2.45, 2.75) is 12.8 Å². The summed E-state index contributed by atoms with van der Waals surface area (Å²) in [7, 11) is 2.03. The number of amides is 3. The number of likely N-dealkylation sites (N-methyl/N-ethyl adjacent to an activating group) is 1. The maximum absolute atomic E-state index is 12.2. The van der Waals surface area contributed by atoms with Gasteiger partial charge in [-0.15, -0.1) is 0 Å². The van der Waals surface area contributed by atoms with E-state index in [0.29, 0.717) is 25.1 Å². The van der Waals surface area contributed by atoms with Crippen LogP contribution >= 0.6 is 0 Å². The van der Waals surface area contributed by atoms with Crippen molar-refractivity contribution in [3.63, 3.8) is 0 Å². The summed E-state index contributed by atoms with van der Waals surface area (Å²) in [5.41, 5.74) is 1.30. The Morgan fingerprint density at radius 3 is 2.32 bits per heavy atom. The Morgan fingerprint density at radius 1 is 1.04 bits per heavy atom. The van der Waals surface area contributed by atoms with Gasteiger partial charge in [0, 0.05) is 50.4 Å². The van der Waals surface area contributed by atoms with Crippen LogP contribution in [0.3, 0.4) is 0 Å². The molecule has 0 unspecified atom stereocenters. The second kappa shape index (κ2) is 7.65. The molecule has 25 heavy (non-hydrogen) atoms. The summed E-state index contributed by atoms with van der Waals surface area (Å²) >= 11 is 0. The fourth-order valence-electron chi connectivity index (χ4n) is 3.14. The summed E-state index contributed by atoms with van der Waals surface area (Å²) in [5.74, 6) is -0.211. The number of benzene rings is 1. The Hall–Kier alpha value is -2.41. The van der Waals surface area contributed by atoms with Crippen molar-refractivity contribution in [1.29, 1.82) is 0 Å². The average Bonchev–Trinajstić information content (AvgIpc) is 3.06. The molecular formula is C18H24N4O3. The number of hydrogen-bond donors (Lipinski definition) is 1. The van der Waals surface area contributed by atoms with E-state index in [-0.39, 0.29) is 24.3 Å². The van der Waals surface area contributed by atoms with Crippen LogP contribution in [-0.2, 0) is 9.59 Å². The number of rotatable bonds is 4. The molecule has 0 saturated carbocycles. The first kappa shape index (κ1) is 17.4. The molecule has 7 heteroatoms. The molecule has 0 bridgehead atoms. The minimum absolute atomic E-state index is 0.00884. The van der Waals surface area contributed by atoms with Gasteiger partial charge in [0.05, 0.1) is 6.54 Å². The van der Waals surface area contributed by atoms with Crippen LogP contribution in [0, 0.1) is 0 Å². The topological polar surface area (TPSA) is 73.0 Å².